The summed E-state index contributed by atoms with van der Waals surface area (Å²) in [5.74, 6) is 0.140. The molecule has 70 valence electrons. The van der Waals surface area contributed by atoms with Crippen LogP contribution in [0.5, 0.6) is 5.75 Å². The van der Waals surface area contributed by atoms with Gasteiger partial charge in [-0.1, -0.05) is 12.1 Å². The quantitative estimate of drug-likeness (QED) is 0.509. The molecule has 0 unspecified atom stereocenters. The lowest BCUT2D eigenvalue weighted by atomic mass is 10.3. The predicted octanol–water partition coefficient (Wildman–Crippen LogP) is -1.62. The average molecular weight is 197 g/mol. The van der Waals surface area contributed by atoms with Gasteiger partial charge >= 0.3 is 0 Å². The summed E-state index contributed by atoms with van der Waals surface area (Å²) in [4.78, 5) is 11.0. The zero-order valence-electron chi connectivity index (χ0n) is 6.97. The van der Waals surface area contributed by atoms with Crippen LogP contribution in [-0.2, 0) is 4.79 Å². The van der Waals surface area contributed by atoms with Crippen molar-refractivity contribution in [1.29, 1.82) is 0 Å². The Balaban J connectivity index is 2.83. The molecule has 0 spiro atoms. The summed E-state index contributed by atoms with van der Waals surface area (Å²) in [7, 11) is -2.18. The Labute approximate surface area is 77.3 Å². The van der Waals surface area contributed by atoms with E-state index in [-0.39, 0.29) is 11.2 Å². The van der Waals surface area contributed by atoms with E-state index in [2.05, 4.69) is 0 Å². The number of carbonyl (C=O) groups is 1. The van der Waals surface area contributed by atoms with Gasteiger partial charge in [-0.2, -0.15) is 0 Å². The van der Waals surface area contributed by atoms with Gasteiger partial charge in [0.2, 0.25) is 8.96 Å². The summed E-state index contributed by atoms with van der Waals surface area (Å²) in [6, 6.07) is 6.18. The largest absolute Gasteiger partial charge is 0.508 e. The first-order chi connectivity index (χ1) is 6.15. The zero-order valence-corrected chi connectivity index (χ0v) is 8.13. The molecule has 0 aliphatic carbocycles. The van der Waals surface area contributed by atoms with Crippen LogP contribution in [-0.4, -0.2) is 31.2 Å². The number of aliphatic hydroxyl groups is 1. The van der Waals surface area contributed by atoms with Crippen molar-refractivity contribution in [1.82, 2.24) is 0 Å². The molecule has 0 radical (unpaired) electrons. The minimum Gasteiger partial charge on any atom is -0.508 e. The van der Waals surface area contributed by atoms with Crippen LogP contribution in [0.25, 0.3) is 0 Å². The van der Waals surface area contributed by atoms with Crippen molar-refractivity contribution in [3.8, 4) is 5.75 Å². The Morgan fingerprint density at radius 1 is 1.38 bits per heavy atom. The highest BCUT2D eigenvalue weighted by Gasteiger charge is 2.16. The van der Waals surface area contributed by atoms with E-state index in [4.69, 9.17) is 15.6 Å². The third-order valence-electron chi connectivity index (χ3n) is 1.75. The molecule has 4 N–H and O–H groups in total. The first-order valence-electron chi connectivity index (χ1n) is 3.83. The van der Waals surface area contributed by atoms with Gasteiger partial charge in [0.15, 0.2) is 5.41 Å². The van der Waals surface area contributed by atoms with Gasteiger partial charge in [0.1, 0.15) is 5.75 Å². The molecule has 0 aromatic heterocycles. The second-order valence-corrected chi connectivity index (χ2v) is 4.96. The van der Waals surface area contributed by atoms with Gasteiger partial charge < -0.3 is 20.4 Å². The fraction of sp³-hybridized carbons (Fsp3) is 0.125. The number of aliphatic hydroxyl groups excluding tert-OH is 1. The first kappa shape index (κ1) is 9.91. The summed E-state index contributed by atoms with van der Waals surface area (Å²) < 4.78 is 0. The van der Waals surface area contributed by atoms with Gasteiger partial charge in [0, 0.05) is 0 Å². The molecule has 0 amide bonds. The van der Waals surface area contributed by atoms with E-state index in [9.17, 15) is 4.79 Å². The van der Waals surface area contributed by atoms with Crippen LogP contribution in [0.1, 0.15) is 0 Å². The number of hydrogen-bond donors (Lipinski definition) is 3. The minimum atomic E-state index is -2.18. The number of rotatable bonds is 3. The molecule has 0 aliphatic heterocycles. The van der Waals surface area contributed by atoms with Crippen molar-refractivity contribution >= 4 is 19.6 Å². The van der Waals surface area contributed by atoms with Gasteiger partial charge in [0.25, 0.3) is 0 Å². The van der Waals surface area contributed by atoms with E-state index < -0.39 is 15.6 Å². The van der Waals surface area contributed by atoms with Crippen molar-refractivity contribution in [2.75, 3.05) is 6.61 Å². The Kier molecular flexibility index (Phi) is 3.18. The maximum atomic E-state index is 11.0. The van der Waals surface area contributed by atoms with Crippen molar-refractivity contribution in [3.63, 3.8) is 0 Å². The number of benzene rings is 1. The monoisotopic (exact) mass is 197 g/mol. The van der Waals surface area contributed by atoms with E-state index in [1.165, 1.54) is 12.1 Å². The van der Waals surface area contributed by atoms with Gasteiger partial charge in [-0.3, -0.25) is 0 Å². The van der Waals surface area contributed by atoms with E-state index >= 15 is 0 Å². The molecule has 1 aromatic carbocycles. The lowest BCUT2D eigenvalue weighted by Gasteiger charge is -2.06. The molecule has 0 aliphatic rings. The highest BCUT2D eigenvalue weighted by Crippen LogP contribution is 2.03. The second-order valence-electron chi connectivity index (χ2n) is 2.69. The Hall–Kier alpha value is -1.17. The second kappa shape index (κ2) is 4.17. The van der Waals surface area contributed by atoms with Crippen LogP contribution in [0.15, 0.2) is 24.3 Å². The molecule has 4 nitrogen and oxygen atoms in total. The molecule has 0 bridgehead atoms. The third-order valence-corrected chi connectivity index (χ3v) is 3.73. The first-order valence-corrected chi connectivity index (χ1v) is 5.65. The number of phenols is 1. The van der Waals surface area contributed by atoms with Gasteiger partial charge in [0.05, 0.1) is 6.61 Å². The van der Waals surface area contributed by atoms with Crippen LogP contribution in [0.2, 0.25) is 0 Å². The summed E-state index contributed by atoms with van der Waals surface area (Å²) >= 11 is 0. The normalized spacial score (nSPS) is 12.5. The van der Waals surface area contributed by atoms with E-state index in [0.717, 1.165) is 5.19 Å². The highest BCUT2D eigenvalue weighted by molar-refractivity contribution is 6.97. The summed E-state index contributed by atoms with van der Waals surface area (Å²) in [5.41, 5.74) is 0. The molecule has 1 atom stereocenters. The molecular weight excluding hydrogens is 186 g/mol. The van der Waals surface area contributed by atoms with E-state index in [0.29, 0.717) is 0 Å². The fourth-order valence-corrected chi connectivity index (χ4v) is 2.14. The molecule has 0 saturated carbocycles. The maximum absolute atomic E-state index is 11.0. The molecule has 1 rings (SSSR count). The molecular formula is C8H11NO3Si. The van der Waals surface area contributed by atoms with Crippen LogP contribution < -0.4 is 10.6 Å². The molecule has 0 heterocycles. The van der Waals surface area contributed by atoms with E-state index in [1.54, 1.807) is 12.1 Å². The predicted molar refractivity (Wildman–Crippen MR) is 51.2 cm³/mol. The molecule has 0 saturated heterocycles. The summed E-state index contributed by atoms with van der Waals surface area (Å²) in [5, 5.41) is 23.6. The Morgan fingerprint density at radius 2 is 1.92 bits per heavy atom. The van der Waals surface area contributed by atoms with E-state index in [1.807, 2.05) is 0 Å². The van der Waals surface area contributed by atoms with Crippen molar-refractivity contribution < 1.29 is 15.0 Å². The lowest BCUT2D eigenvalue weighted by molar-refractivity contribution is -0.114. The number of phenolic OH excluding ortho intramolecular Hbond substituents is 1. The van der Waals surface area contributed by atoms with Crippen molar-refractivity contribution in [2.24, 2.45) is 5.40 Å². The van der Waals surface area contributed by atoms with Gasteiger partial charge in [-0.05, 0) is 17.3 Å². The average Bonchev–Trinajstić information content (AvgIpc) is 2.17. The van der Waals surface area contributed by atoms with Crippen LogP contribution in [0.3, 0.4) is 0 Å². The Bertz CT molecular complexity index is 299. The molecule has 1 aromatic rings. The van der Waals surface area contributed by atoms with Gasteiger partial charge in [-0.15, -0.1) is 0 Å². The SMILES string of the molecule is N[Si@H](C(=O)CO)c1ccc(O)cc1. The molecule has 13 heavy (non-hydrogen) atoms. The summed E-state index contributed by atoms with van der Waals surface area (Å²) in [6.07, 6.45) is 0. The van der Waals surface area contributed by atoms with Crippen molar-refractivity contribution in [2.45, 2.75) is 0 Å². The number of nitrogens with two attached hydrogens (primary N) is 1. The minimum absolute atomic E-state index is 0.140. The molecule has 0 fully saturated rings. The summed E-state index contributed by atoms with van der Waals surface area (Å²) in [6.45, 7) is -0.506. The Morgan fingerprint density at radius 3 is 2.38 bits per heavy atom. The standard InChI is InChI=1S/C8H11NO3Si/c9-13(8(12)5-10)7-3-1-6(11)2-4-7/h1-4,10-11,13H,5,9H2/t13-/m0/s1. The van der Waals surface area contributed by atoms with Crippen molar-refractivity contribution in [3.05, 3.63) is 24.3 Å². The highest BCUT2D eigenvalue weighted by atomic mass is 28.3. The van der Waals surface area contributed by atoms with Crippen LogP contribution in [0, 0.1) is 0 Å². The van der Waals surface area contributed by atoms with Crippen LogP contribution in [0.4, 0.5) is 0 Å². The number of aromatic hydroxyl groups is 1. The van der Waals surface area contributed by atoms with Crippen LogP contribution >= 0.6 is 0 Å². The maximum Gasteiger partial charge on any atom is 0.218 e. The van der Waals surface area contributed by atoms with Gasteiger partial charge in [-0.25, -0.2) is 0 Å². The fourth-order valence-electron chi connectivity index (χ4n) is 0.966. The zero-order chi connectivity index (χ0) is 9.84. The molecule has 5 heteroatoms. The number of carbonyl (C=O) groups excluding carboxylic acids is 1. The topological polar surface area (TPSA) is 83.6 Å². The lowest BCUT2D eigenvalue weighted by Crippen LogP contribution is -2.48. The smallest absolute Gasteiger partial charge is 0.218 e. The number of hydrogen-bond acceptors (Lipinski definition) is 4. The third kappa shape index (κ3) is 2.38.